The van der Waals surface area contributed by atoms with Crippen molar-refractivity contribution in [2.24, 2.45) is 0 Å². The number of carbonyl (C=O) groups excluding carboxylic acids is 1. The predicted octanol–water partition coefficient (Wildman–Crippen LogP) is 5.51. The first kappa shape index (κ1) is 20.8. The van der Waals surface area contributed by atoms with Gasteiger partial charge in [0.15, 0.2) is 0 Å². The standard InChI is InChI=1S/C19H16BrClN4O4/c1-11-5-14(21)3-4-18(11)29-17-7-15(6-16(8-17)25(27)28)23-19(26)12(2)24-10-13(20)9-22-24/h3-10,12H,1-2H3,(H,23,26). The molecule has 1 heterocycles. The number of anilines is 1. The van der Waals surface area contributed by atoms with Gasteiger partial charge in [-0.15, -0.1) is 0 Å². The minimum atomic E-state index is -0.622. The number of aromatic nitrogens is 2. The maximum atomic E-state index is 12.6. The van der Waals surface area contributed by atoms with Crippen LogP contribution < -0.4 is 10.1 Å². The van der Waals surface area contributed by atoms with Crippen molar-refractivity contribution in [1.29, 1.82) is 0 Å². The molecule has 0 saturated heterocycles. The summed E-state index contributed by atoms with van der Waals surface area (Å²) in [6.45, 7) is 3.48. The highest BCUT2D eigenvalue weighted by atomic mass is 79.9. The number of hydrogen-bond acceptors (Lipinski definition) is 5. The molecule has 3 aromatic rings. The first-order valence-corrected chi connectivity index (χ1v) is 9.64. The molecule has 0 aliphatic rings. The molecule has 0 aliphatic carbocycles. The lowest BCUT2D eigenvalue weighted by molar-refractivity contribution is -0.384. The Kier molecular flexibility index (Phi) is 6.19. The molecule has 0 bridgehead atoms. The van der Waals surface area contributed by atoms with Crippen LogP contribution in [0.15, 0.2) is 53.3 Å². The molecule has 1 unspecified atom stereocenters. The van der Waals surface area contributed by atoms with Crippen LogP contribution in [-0.2, 0) is 4.79 Å². The number of nitrogens with zero attached hydrogens (tertiary/aromatic N) is 3. The molecule has 1 aromatic heterocycles. The van der Waals surface area contributed by atoms with E-state index in [1.807, 2.05) is 6.92 Å². The molecule has 10 heteroatoms. The second kappa shape index (κ2) is 8.62. The van der Waals surface area contributed by atoms with Crippen molar-refractivity contribution in [2.45, 2.75) is 19.9 Å². The number of halogens is 2. The third-order valence-electron chi connectivity index (χ3n) is 4.08. The maximum absolute atomic E-state index is 12.6. The van der Waals surface area contributed by atoms with Gasteiger partial charge >= 0.3 is 0 Å². The first-order valence-electron chi connectivity index (χ1n) is 8.47. The zero-order valence-electron chi connectivity index (χ0n) is 15.4. The third kappa shape index (κ3) is 5.12. The van der Waals surface area contributed by atoms with Gasteiger partial charge in [-0.3, -0.25) is 19.6 Å². The van der Waals surface area contributed by atoms with Gasteiger partial charge in [-0.05, 0) is 53.5 Å². The molecule has 150 valence electrons. The van der Waals surface area contributed by atoms with E-state index < -0.39 is 11.0 Å². The molecule has 0 saturated carbocycles. The summed E-state index contributed by atoms with van der Waals surface area (Å²) in [5, 5.41) is 18.6. The minimum Gasteiger partial charge on any atom is -0.457 e. The summed E-state index contributed by atoms with van der Waals surface area (Å²) in [4.78, 5) is 23.3. The summed E-state index contributed by atoms with van der Waals surface area (Å²) in [6, 6.07) is 8.51. The molecule has 29 heavy (non-hydrogen) atoms. The van der Waals surface area contributed by atoms with Crippen LogP contribution in [0.2, 0.25) is 5.02 Å². The van der Waals surface area contributed by atoms with Gasteiger partial charge in [0.25, 0.3) is 5.69 Å². The van der Waals surface area contributed by atoms with Crippen molar-refractivity contribution in [3.63, 3.8) is 0 Å². The van der Waals surface area contributed by atoms with Gasteiger partial charge in [0.1, 0.15) is 17.5 Å². The Morgan fingerprint density at radius 2 is 2.10 bits per heavy atom. The van der Waals surface area contributed by atoms with Crippen molar-refractivity contribution < 1.29 is 14.5 Å². The monoisotopic (exact) mass is 478 g/mol. The number of aryl methyl sites for hydroxylation is 1. The molecule has 0 aliphatic heterocycles. The van der Waals surface area contributed by atoms with Gasteiger partial charge in [-0.2, -0.15) is 5.10 Å². The van der Waals surface area contributed by atoms with Crippen LogP contribution in [-0.4, -0.2) is 20.6 Å². The fourth-order valence-corrected chi connectivity index (χ4v) is 3.10. The van der Waals surface area contributed by atoms with E-state index in [2.05, 4.69) is 26.3 Å². The van der Waals surface area contributed by atoms with Gasteiger partial charge in [-0.1, -0.05) is 11.6 Å². The Balaban J connectivity index is 1.86. The van der Waals surface area contributed by atoms with E-state index in [0.717, 1.165) is 10.0 Å². The number of nitro benzene ring substituents is 1. The summed E-state index contributed by atoms with van der Waals surface area (Å²) in [6.07, 6.45) is 3.23. The molecular weight excluding hydrogens is 464 g/mol. The average Bonchev–Trinajstić information content (AvgIpc) is 3.09. The number of amides is 1. The minimum absolute atomic E-state index is 0.209. The van der Waals surface area contributed by atoms with E-state index in [9.17, 15) is 14.9 Å². The molecule has 0 fully saturated rings. The summed E-state index contributed by atoms with van der Waals surface area (Å²) < 4.78 is 8.00. The van der Waals surface area contributed by atoms with Crippen molar-refractivity contribution in [3.05, 3.63) is 74.0 Å². The second-order valence-corrected chi connectivity index (χ2v) is 7.64. The fraction of sp³-hybridized carbons (Fsp3) is 0.158. The zero-order chi connectivity index (χ0) is 21.1. The van der Waals surface area contributed by atoms with Crippen LogP contribution in [0.4, 0.5) is 11.4 Å². The van der Waals surface area contributed by atoms with Gasteiger partial charge in [0.05, 0.1) is 27.3 Å². The zero-order valence-corrected chi connectivity index (χ0v) is 17.8. The normalized spacial score (nSPS) is 11.7. The Morgan fingerprint density at radius 1 is 1.34 bits per heavy atom. The lowest BCUT2D eigenvalue weighted by atomic mass is 10.2. The highest BCUT2D eigenvalue weighted by Crippen LogP contribution is 2.32. The third-order valence-corrected chi connectivity index (χ3v) is 4.73. The van der Waals surface area contributed by atoms with Gasteiger partial charge in [0, 0.05) is 23.4 Å². The van der Waals surface area contributed by atoms with E-state index in [1.165, 1.54) is 22.9 Å². The molecule has 1 atom stereocenters. The van der Waals surface area contributed by atoms with E-state index in [0.29, 0.717) is 10.8 Å². The largest absolute Gasteiger partial charge is 0.457 e. The number of hydrogen-bond donors (Lipinski definition) is 1. The summed E-state index contributed by atoms with van der Waals surface area (Å²) in [5.74, 6) is 0.339. The number of non-ortho nitro benzene ring substituents is 1. The van der Waals surface area contributed by atoms with Gasteiger partial charge in [0.2, 0.25) is 5.91 Å². The van der Waals surface area contributed by atoms with Crippen LogP contribution in [0.3, 0.4) is 0 Å². The predicted molar refractivity (Wildman–Crippen MR) is 113 cm³/mol. The number of carbonyl (C=O) groups is 1. The smallest absolute Gasteiger partial charge is 0.275 e. The highest BCUT2D eigenvalue weighted by Gasteiger charge is 2.19. The molecule has 2 aromatic carbocycles. The average molecular weight is 480 g/mol. The number of nitrogens with one attached hydrogen (secondary N) is 1. The Labute approximate surface area is 179 Å². The van der Waals surface area contributed by atoms with Crippen molar-refractivity contribution in [3.8, 4) is 11.5 Å². The van der Waals surface area contributed by atoms with E-state index in [-0.39, 0.29) is 23.0 Å². The summed E-state index contributed by atoms with van der Waals surface area (Å²) in [5.41, 5.74) is 0.801. The van der Waals surface area contributed by atoms with E-state index in [4.69, 9.17) is 16.3 Å². The summed E-state index contributed by atoms with van der Waals surface area (Å²) >= 11 is 9.23. The topological polar surface area (TPSA) is 99.3 Å². The van der Waals surface area contributed by atoms with Gasteiger partial charge < -0.3 is 10.1 Å². The quantitative estimate of drug-likeness (QED) is 0.371. The number of ether oxygens (including phenoxy) is 1. The Morgan fingerprint density at radius 3 is 2.72 bits per heavy atom. The van der Waals surface area contributed by atoms with Crippen molar-refractivity contribution in [2.75, 3.05) is 5.32 Å². The maximum Gasteiger partial charge on any atom is 0.275 e. The molecule has 1 amide bonds. The van der Waals surface area contributed by atoms with E-state index >= 15 is 0 Å². The molecule has 0 spiro atoms. The molecule has 0 radical (unpaired) electrons. The van der Waals surface area contributed by atoms with Crippen LogP contribution in [0.5, 0.6) is 11.5 Å². The van der Waals surface area contributed by atoms with E-state index in [1.54, 1.807) is 37.5 Å². The SMILES string of the molecule is Cc1cc(Cl)ccc1Oc1cc(NC(=O)C(C)n2cc(Br)cn2)cc([N+](=O)[O-])c1. The second-order valence-electron chi connectivity index (χ2n) is 6.29. The summed E-state index contributed by atoms with van der Waals surface area (Å²) in [7, 11) is 0. The van der Waals surface area contributed by atoms with Crippen LogP contribution in [0, 0.1) is 17.0 Å². The molecule has 8 nitrogen and oxygen atoms in total. The van der Waals surface area contributed by atoms with Crippen LogP contribution in [0.25, 0.3) is 0 Å². The first-order chi connectivity index (χ1) is 13.7. The highest BCUT2D eigenvalue weighted by molar-refractivity contribution is 9.10. The molecule has 3 rings (SSSR count). The van der Waals surface area contributed by atoms with Gasteiger partial charge in [-0.25, -0.2) is 0 Å². The Bertz CT molecular complexity index is 1090. The van der Waals surface area contributed by atoms with Crippen LogP contribution >= 0.6 is 27.5 Å². The lowest BCUT2D eigenvalue weighted by Gasteiger charge is -2.14. The van der Waals surface area contributed by atoms with Crippen LogP contribution in [0.1, 0.15) is 18.5 Å². The van der Waals surface area contributed by atoms with Crippen molar-refractivity contribution >= 4 is 44.8 Å². The molecule has 1 N–H and O–H groups in total. The lowest BCUT2D eigenvalue weighted by Crippen LogP contribution is -2.24. The van der Waals surface area contributed by atoms with Crippen molar-refractivity contribution in [1.82, 2.24) is 9.78 Å². The Hall–Kier alpha value is -2.91. The number of rotatable bonds is 6. The fourth-order valence-electron chi connectivity index (χ4n) is 2.57. The molecular formula is C19H16BrClN4O4. The number of nitro groups is 1. The number of benzene rings is 2.